The summed E-state index contributed by atoms with van der Waals surface area (Å²) >= 11 is 6.57. The number of alkyl halides is 4. The summed E-state index contributed by atoms with van der Waals surface area (Å²) in [6, 6.07) is 8.73. The lowest BCUT2D eigenvalue weighted by molar-refractivity contribution is -0.123. The highest BCUT2D eigenvalue weighted by Crippen LogP contribution is 2.68. The Bertz CT molecular complexity index is 2800. The van der Waals surface area contributed by atoms with Crippen molar-refractivity contribution >= 4 is 55.2 Å². The number of nitrogens with one attached hydrogen (secondary N) is 2. The minimum Gasteiger partial charge on any atom is -0.344 e. The number of nitrogens with zero attached hydrogens (tertiary/aromatic N) is 6. The average molecular weight is 819 g/mol. The van der Waals surface area contributed by atoms with Crippen molar-refractivity contribution in [2.75, 3.05) is 11.0 Å². The van der Waals surface area contributed by atoms with Gasteiger partial charge in [-0.05, 0) is 66.8 Å². The summed E-state index contributed by atoms with van der Waals surface area (Å²) in [5.74, 6) is -8.85. The molecule has 3 heterocycles. The van der Waals surface area contributed by atoms with Gasteiger partial charge in [-0.25, -0.2) is 31.0 Å². The molecule has 0 bridgehead atoms. The first-order chi connectivity index (χ1) is 26.3. The van der Waals surface area contributed by atoms with Crippen LogP contribution in [0.4, 0.5) is 32.2 Å². The van der Waals surface area contributed by atoms with E-state index in [-0.39, 0.29) is 61.7 Å². The van der Waals surface area contributed by atoms with Gasteiger partial charge in [0.25, 0.3) is 17.9 Å². The number of fused-ring (bicyclic) bond motifs is 5. The standard InChI is InChI=1S/C36H29ClF6N8O4S/c1-15-4-5-19-23(8-15)45-34(51(35(19)53)25-7-6-22(37)28-30(25)49(2)47-33(28)48-56(3,54)55)24(11-16-9-17(38)12-18(39)10-16)44-26(52)14-50-31-27(29(46-50)32(40)41)20-13-21(20)36(31,42)43/h4-10,12,20-21,24,32H,11,13-14H2,1-3H3,(H,44,52)(H,47,48)/t20-,21?,24+/m1/s1. The van der Waals surface area contributed by atoms with Crippen molar-refractivity contribution in [1.82, 2.24) is 34.4 Å². The van der Waals surface area contributed by atoms with Crippen LogP contribution in [0.25, 0.3) is 27.5 Å². The molecule has 12 nitrogen and oxygen atoms in total. The fourth-order valence-corrected chi connectivity index (χ4v) is 8.43. The first kappa shape index (κ1) is 37.5. The van der Waals surface area contributed by atoms with Crippen molar-refractivity contribution in [3.63, 3.8) is 0 Å². The number of hydrogen-bond donors (Lipinski definition) is 2. The number of benzene rings is 3. The highest BCUT2D eigenvalue weighted by molar-refractivity contribution is 7.92. The Labute approximate surface area is 318 Å². The maximum Gasteiger partial charge on any atom is 0.293 e. The second kappa shape index (κ2) is 13.1. The Balaban J connectivity index is 1.32. The van der Waals surface area contributed by atoms with E-state index >= 15 is 8.78 Å². The van der Waals surface area contributed by atoms with Gasteiger partial charge in [0, 0.05) is 31.0 Å². The van der Waals surface area contributed by atoms with Gasteiger partial charge in [0.05, 0.1) is 44.8 Å². The summed E-state index contributed by atoms with van der Waals surface area (Å²) < 4.78 is 118. The molecular formula is C36H29ClF6N8O4S. The quantitative estimate of drug-likeness (QED) is 0.154. The molecule has 3 aromatic carbocycles. The van der Waals surface area contributed by atoms with Crippen LogP contribution in [0.5, 0.6) is 0 Å². The molecule has 56 heavy (non-hydrogen) atoms. The fourth-order valence-electron chi connectivity index (χ4n) is 7.69. The van der Waals surface area contributed by atoms with Gasteiger partial charge < -0.3 is 5.32 Å². The van der Waals surface area contributed by atoms with Crippen LogP contribution in [0.15, 0.2) is 53.3 Å². The minimum atomic E-state index is -3.88. The minimum absolute atomic E-state index is 0.00838. The molecule has 0 aliphatic heterocycles. The number of aryl methyl sites for hydroxylation is 2. The number of carbonyl (C=O) groups excluding carboxylic acids is 1. The van der Waals surface area contributed by atoms with E-state index in [0.717, 1.165) is 23.0 Å². The van der Waals surface area contributed by atoms with Crippen LogP contribution in [-0.4, -0.2) is 49.7 Å². The van der Waals surface area contributed by atoms with E-state index in [9.17, 15) is 35.6 Å². The Morgan fingerprint density at radius 1 is 1.07 bits per heavy atom. The number of rotatable bonds is 10. The molecule has 1 saturated carbocycles. The lowest BCUT2D eigenvalue weighted by atomic mass is 10.0. The monoisotopic (exact) mass is 818 g/mol. The van der Waals surface area contributed by atoms with Gasteiger partial charge in [-0.15, -0.1) is 0 Å². The van der Waals surface area contributed by atoms with E-state index < -0.39 is 87.7 Å². The zero-order valence-electron chi connectivity index (χ0n) is 29.4. The Morgan fingerprint density at radius 2 is 1.79 bits per heavy atom. The molecule has 3 atom stereocenters. The number of aromatic nitrogens is 6. The van der Waals surface area contributed by atoms with Gasteiger partial charge in [0.1, 0.15) is 35.4 Å². The maximum absolute atomic E-state index is 15.4. The molecule has 0 spiro atoms. The maximum atomic E-state index is 15.4. The first-order valence-corrected chi connectivity index (χ1v) is 19.3. The second-order valence-corrected chi connectivity index (χ2v) is 16.2. The molecule has 8 rings (SSSR count). The van der Waals surface area contributed by atoms with Crippen LogP contribution in [-0.2, 0) is 40.8 Å². The molecule has 0 radical (unpaired) electrons. The topological polar surface area (TPSA) is 146 Å². The van der Waals surface area contributed by atoms with Crippen LogP contribution in [0.3, 0.4) is 0 Å². The van der Waals surface area contributed by atoms with Crippen molar-refractivity contribution in [3.8, 4) is 5.69 Å². The molecule has 292 valence electrons. The number of hydrogen-bond acceptors (Lipinski definition) is 7. The van der Waals surface area contributed by atoms with Crippen LogP contribution in [0, 0.1) is 24.5 Å². The largest absolute Gasteiger partial charge is 0.344 e. The fraction of sp³-hybridized carbons (Fsp3) is 0.306. The van der Waals surface area contributed by atoms with Crippen molar-refractivity contribution in [1.29, 1.82) is 0 Å². The molecular weight excluding hydrogens is 790 g/mol. The molecule has 3 aromatic heterocycles. The number of amides is 1. The molecule has 2 N–H and O–H groups in total. The van der Waals surface area contributed by atoms with Crippen LogP contribution >= 0.6 is 11.6 Å². The van der Waals surface area contributed by atoms with Gasteiger partial charge in [-0.1, -0.05) is 17.7 Å². The Morgan fingerprint density at radius 3 is 2.46 bits per heavy atom. The highest BCUT2D eigenvalue weighted by atomic mass is 35.5. The second-order valence-electron chi connectivity index (χ2n) is 14.0. The lowest BCUT2D eigenvalue weighted by Crippen LogP contribution is -2.38. The molecule has 2 aliphatic rings. The summed E-state index contributed by atoms with van der Waals surface area (Å²) in [5.41, 5.74) is -1.55. The molecule has 0 saturated heterocycles. The Hall–Kier alpha value is -5.43. The molecule has 20 heteroatoms. The third-order valence-electron chi connectivity index (χ3n) is 9.96. The summed E-state index contributed by atoms with van der Waals surface area (Å²) in [5, 5.41) is 10.9. The zero-order chi connectivity index (χ0) is 40.2. The van der Waals surface area contributed by atoms with Crippen LogP contribution in [0.1, 0.15) is 58.7 Å². The third kappa shape index (κ3) is 6.35. The van der Waals surface area contributed by atoms with Crippen molar-refractivity contribution in [2.45, 2.75) is 50.6 Å². The van der Waals surface area contributed by atoms with Gasteiger partial charge in [-0.3, -0.25) is 28.2 Å². The molecule has 2 aliphatic carbocycles. The predicted octanol–water partition coefficient (Wildman–Crippen LogP) is 6.33. The number of anilines is 1. The smallest absolute Gasteiger partial charge is 0.293 e. The zero-order valence-corrected chi connectivity index (χ0v) is 31.0. The molecule has 1 unspecified atom stereocenters. The third-order valence-corrected chi connectivity index (χ3v) is 10.8. The lowest BCUT2D eigenvalue weighted by Gasteiger charge is -2.24. The Kier molecular flexibility index (Phi) is 8.75. The summed E-state index contributed by atoms with van der Waals surface area (Å²) in [7, 11) is -2.42. The van der Waals surface area contributed by atoms with Crippen molar-refractivity contribution < 1.29 is 39.6 Å². The summed E-state index contributed by atoms with van der Waals surface area (Å²) in [6.07, 6.45) is -2.70. The van der Waals surface area contributed by atoms with Gasteiger partial charge in [0.15, 0.2) is 5.82 Å². The van der Waals surface area contributed by atoms with E-state index in [1.54, 1.807) is 19.1 Å². The van der Waals surface area contributed by atoms with Gasteiger partial charge in [0.2, 0.25) is 15.9 Å². The van der Waals surface area contributed by atoms with Gasteiger partial charge >= 0.3 is 0 Å². The SMILES string of the molecule is Cc1ccc2c(=O)n(-c3ccc(Cl)c4c(NS(C)(=O)=O)nn(C)c34)c([C@H](Cc3cc(F)cc(F)c3)NC(=O)Cn3nc(C(F)F)c4c3C(F)(F)C3C[C@@H]43)nc2c1. The summed E-state index contributed by atoms with van der Waals surface area (Å²) in [4.78, 5) is 33.3. The number of halogens is 7. The molecule has 6 aromatic rings. The predicted molar refractivity (Wildman–Crippen MR) is 193 cm³/mol. The van der Waals surface area contributed by atoms with E-state index in [1.807, 2.05) is 0 Å². The average Bonchev–Trinajstić information content (AvgIpc) is 3.63. The molecule has 1 fully saturated rings. The first-order valence-electron chi connectivity index (χ1n) is 17.0. The van der Waals surface area contributed by atoms with Crippen LogP contribution in [0.2, 0.25) is 5.02 Å². The van der Waals surface area contributed by atoms with E-state index in [0.29, 0.717) is 16.3 Å². The number of carbonyl (C=O) groups is 1. The van der Waals surface area contributed by atoms with Crippen LogP contribution < -0.4 is 15.6 Å². The highest BCUT2D eigenvalue weighted by Gasteiger charge is 2.67. The normalized spacial score (nSPS) is 17.7. The summed E-state index contributed by atoms with van der Waals surface area (Å²) in [6.45, 7) is 0.786. The van der Waals surface area contributed by atoms with Crippen molar-refractivity contribution in [3.05, 3.63) is 109 Å². The molecule has 1 amide bonds. The van der Waals surface area contributed by atoms with E-state index in [4.69, 9.17) is 16.6 Å². The van der Waals surface area contributed by atoms with Gasteiger partial charge in [-0.2, -0.15) is 19.0 Å². The van der Waals surface area contributed by atoms with E-state index in [2.05, 4.69) is 20.2 Å². The number of sulfonamides is 1. The van der Waals surface area contributed by atoms with Crippen molar-refractivity contribution in [2.24, 2.45) is 13.0 Å². The van der Waals surface area contributed by atoms with E-state index in [1.165, 1.54) is 29.9 Å².